The zero-order valence-corrected chi connectivity index (χ0v) is 8.82. The van der Waals surface area contributed by atoms with Gasteiger partial charge in [0, 0.05) is 10.6 Å². The second-order valence-corrected chi connectivity index (χ2v) is 3.61. The molecule has 2 aromatic rings. The summed E-state index contributed by atoms with van der Waals surface area (Å²) in [5.74, 6) is -1.16. The van der Waals surface area contributed by atoms with Crippen LogP contribution in [0.25, 0.3) is 11.3 Å². The number of anilines is 1. The van der Waals surface area contributed by atoms with Crippen LogP contribution in [0.3, 0.4) is 0 Å². The van der Waals surface area contributed by atoms with Gasteiger partial charge in [0.2, 0.25) is 0 Å². The van der Waals surface area contributed by atoms with E-state index in [9.17, 15) is 4.79 Å². The average Bonchev–Trinajstić information content (AvgIpc) is 2.60. The van der Waals surface area contributed by atoms with Crippen LogP contribution in [0.2, 0.25) is 5.02 Å². The number of nitrogens with two attached hydrogens (primary N) is 1. The third-order valence-corrected chi connectivity index (χ3v) is 2.36. The Bertz CT molecular complexity index is 551. The molecule has 6 heteroatoms. The average molecular weight is 238 g/mol. The minimum atomic E-state index is -1.12. The fourth-order valence-corrected chi connectivity index (χ4v) is 1.62. The van der Waals surface area contributed by atoms with E-state index in [2.05, 4.69) is 10.2 Å². The van der Waals surface area contributed by atoms with Crippen molar-refractivity contribution in [1.29, 1.82) is 0 Å². The predicted molar refractivity (Wildman–Crippen MR) is 60.4 cm³/mol. The number of nitrogen functional groups attached to an aromatic ring is 1. The number of aromatic amines is 1. The van der Waals surface area contributed by atoms with Crippen molar-refractivity contribution < 1.29 is 9.90 Å². The van der Waals surface area contributed by atoms with Gasteiger partial charge in [0.15, 0.2) is 5.82 Å². The van der Waals surface area contributed by atoms with Crippen LogP contribution in [0.15, 0.2) is 24.3 Å². The van der Waals surface area contributed by atoms with Gasteiger partial charge in [0.05, 0.1) is 5.69 Å². The number of aromatic carboxylic acids is 1. The summed E-state index contributed by atoms with van der Waals surface area (Å²) < 4.78 is 0. The third kappa shape index (κ3) is 1.72. The molecule has 1 heterocycles. The highest BCUT2D eigenvalue weighted by Crippen LogP contribution is 2.26. The van der Waals surface area contributed by atoms with Gasteiger partial charge in [-0.3, -0.25) is 5.10 Å². The van der Waals surface area contributed by atoms with Gasteiger partial charge in [-0.2, -0.15) is 5.10 Å². The van der Waals surface area contributed by atoms with Crippen LogP contribution in [0.5, 0.6) is 0 Å². The minimum Gasteiger partial charge on any atom is -0.477 e. The smallest absolute Gasteiger partial charge is 0.341 e. The van der Waals surface area contributed by atoms with Gasteiger partial charge >= 0.3 is 5.97 Å². The van der Waals surface area contributed by atoms with Crippen LogP contribution < -0.4 is 5.73 Å². The molecule has 0 saturated carbocycles. The lowest BCUT2D eigenvalue weighted by Gasteiger charge is -2.00. The largest absolute Gasteiger partial charge is 0.477 e. The highest BCUT2D eigenvalue weighted by Gasteiger charge is 2.18. The highest BCUT2D eigenvalue weighted by molar-refractivity contribution is 6.30. The molecule has 0 fully saturated rings. The van der Waals surface area contributed by atoms with E-state index in [0.29, 0.717) is 16.3 Å². The Kier molecular flexibility index (Phi) is 2.54. The van der Waals surface area contributed by atoms with Gasteiger partial charge in [0.25, 0.3) is 0 Å². The Morgan fingerprint density at radius 2 is 2.25 bits per heavy atom. The summed E-state index contributed by atoms with van der Waals surface area (Å²) in [5.41, 5.74) is 6.41. The quantitative estimate of drug-likeness (QED) is 0.745. The summed E-state index contributed by atoms with van der Waals surface area (Å²) in [7, 11) is 0. The maximum atomic E-state index is 11.0. The first-order valence-corrected chi connectivity index (χ1v) is 4.80. The monoisotopic (exact) mass is 237 g/mol. The highest BCUT2D eigenvalue weighted by atomic mass is 35.5. The molecule has 0 aliphatic heterocycles. The van der Waals surface area contributed by atoms with Crippen molar-refractivity contribution in [2.75, 3.05) is 5.73 Å². The molecule has 16 heavy (non-hydrogen) atoms. The van der Waals surface area contributed by atoms with Gasteiger partial charge < -0.3 is 10.8 Å². The molecule has 2 rings (SSSR count). The maximum absolute atomic E-state index is 11.0. The Morgan fingerprint density at radius 1 is 1.50 bits per heavy atom. The molecule has 0 unspecified atom stereocenters. The summed E-state index contributed by atoms with van der Waals surface area (Å²) in [5, 5.41) is 15.8. The third-order valence-electron chi connectivity index (χ3n) is 2.12. The lowest BCUT2D eigenvalue weighted by molar-refractivity contribution is 0.0699. The normalized spacial score (nSPS) is 10.3. The van der Waals surface area contributed by atoms with E-state index in [1.165, 1.54) is 0 Å². The molecule has 82 valence electrons. The van der Waals surface area contributed by atoms with Gasteiger partial charge in [-0.15, -0.1) is 0 Å². The van der Waals surface area contributed by atoms with Crippen LogP contribution in [0, 0.1) is 0 Å². The molecule has 0 spiro atoms. The molecule has 5 nitrogen and oxygen atoms in total. The van der Waals surface area contributed by atoms with E-state index < -0.39 is 5.97 Å². The van der Waals surface area contributed by atoms with Crippen molar-refractivity contribution in [3.05, 3.63) is 34.9 Å². The molecule has 0 aliphatic carbocycles. The van der Waals surface area contributed by atoms with Crippen molar-refractivity contribution in [2.24, 2.45) is 0 Å². The van der Waals surface area contributed by atoms with Gasteiger partial charge in [0.1, 0.15) is 5.56 Å². The Labute approximate surface area is 95.8 Å². The number of carboxylic acid groups (broad SMARTS) is 1. The van der Waals surface area contributed by atoms with Crippen molar-refractivity contribution in [3.63, 3.8) is 0 Å². The standard InChI is InChI=1S/C10H8ClN3O2/c11-6-3-1-2-5(4-6)8-7(10(15)16)9(12)14-13-8/h1-4H,(H,15,16)(H3,12,13,14). The fraction of sp³-hybridized carbons (Fsp3) is 0. The molecule has 0 atom stereocenters. The number of hydrogen-bond donors (Lipinski definition) is 3. The van der Waals surface area contributed by atoms with Crippen molar-refractivity contribution in [1.82, 2.24) is 10.2 Å². The first-order valence-electron chi connectivity index (χ1n) is 4.42. The molecular weight excluding hydrogens is 230 g/mol. The summed E-state index contributed by atoms with van der Waals surface area (Å²) in [6.07, 6.45) is 0. The number of nitrogens with one attached hydrogen (secondary N) is 1. The number of nitrogens with zero attached hydrogens (tertiary/aromatic N) is 1. The minimum absolute atomic E-state index is 0.0394. The molecule has 0 aliphatic rings. The molecule has 0 amide bonds. The lowest BCUT2D eigenvalue weighted by atomic mass is 10.1. The molecule has 0 saturated heterocycles. The van der Waals surface area contributed by atoms with Gasteiger partial charge in [-0.05, 0) is 12.1 Å². The van der Waals surface area contributed by atoms with E-state index in [-0.39, 0.29) is 11.4 Å². The SMILES string of the molecule is Nc1n[nH]c(-c2cccc(Cl)c2)c1C(=O)O. The number of aromatic nitrogens is 2. The van der Waals surface area contributed by atoms with Crippen LogP contribution in [-0.2, 0) is 0 Å². The molecule has 0 bridgehead atoms. The molecule has 1 aromatic carbocycles. The molecule has 0 radical (unpaired) electrons. The molecule has 1 aromatic heterocycles. The number of rotatable bonds is 2. The van der Waals surface area contributed by atoms with E-state index in [0.717, 1.165) is 0 Å². The molecular formula is C10H8ClN3O2. The topological polar surface area (TPSA) is 92.0 Å². The Hall–Kier alpha value is -2.01. The zero-order chi connectivity index (χ0) is 11.7. The van der Waals surface area contributed by atoms with Crippen LogP contribution in [-0.4, -0.2) is 21.3 Å². The number of carbonyl (C=O) groups is 1. The van der Waals surface area contributed by atoms with E-state index in [1.807, 2.05) is 0 Å². The number of carboxylic acids is 1. The summed E-state index contributed by atoms with van der Waals surface area (Å²) in [6, 6.07) is 6.79. The van der Waals surface area contributed by atoms with E-state index in [4.69, 9.17) is 22.4 Å². The van der Waals surface area contributed by atoms with Crippen molar-refractivity contribution in [2.45, 2.75) is 0 Å². The summed E-state index contributed by atoms with van der Waals surface area (Å²) in [4.78, 5) is 11.0. The maximum Gasteiger partial charge on any atom is 0.341 e. The lowest BCUT2D eigenvalue weighted by Crippen LogP contribution is -2.01. The van der Waals surface area contributed by atoms with Gasteiger partial charge in [-0.25, -0.2) is 4.79 Å². The van der Waals surface area contributed by atoms with E-state index in [1.54, 1.807) is 24.3 Å². The number of benzene rings is 1. The molecule has 4 N–H and O–H groups in total. The second-order valence-electron chi connectivity index (χ2n) is 3.17. The number of hydrogen-bond acceptors (Lipinski definition) is 3. The zero-order valence-electron chi connectivity index (χ0n) is 8.07. The van der Waals surface area contributed by atoms with Crippen LogP contribution >= 0.6 is 11.6 Å². The van der Waals surface area contributed by atoms with Gasteiger partial charge in [-0.1, -0.05) is 23.7 Å². The number of halogens is 1. The van der Waals surface area contributed by atoms with Crippen LogP contribution in [0.1, 0.15) is 10.4 Å². The van der Waals surface area contributed by atoms with E-state index >= 15 is 0 Å². The first kappa shape index (κ1) is 10.5. The summed E-state index contributed by atoms with van der Waals surface area (Å²) >= 11 is 5.82. The van der Waals surface area contributed by atoms with Crippen molar-refractivity contribution in [3.8, 4) is 11.3 Å². The number of H-pyrrole nitrogens is 1. The Morgan fingerprint density at radius 3 is 2.88 bits per heavy atom. The van der Waals surface area contributed by atoms with Crippen LogP contribution in [0.4, 0.5) is 5.82 Å². The Balaban J connectivity index is 2.60. The first-order chi connectivity index (χ1) is 7.59. The summed E-state index contributed by atoms with van der Waals surface area (Å²) in [6.45, 7) is 0. The fourth-order valence-electron chi connectivity index (χ4n) is 1.43. The van der Waals surface area contributed by atoms with Crippen molar-refractivity contribution >= 4 is 23.4 Å². The predicted octanol–water partition coefficient (Wildman–Crippen LogP) is 2.01. The second kappa shape index (κ2) is 3.86.